The van der Waals surface area contributed by atoms with Crippen LogP contribution in [-0.2, 0) is 40.5 Å². The number of nitrogens with one attached hydrogen (secondary N) is 4. The Morgan fingerprint density at radius 3 is 1.10 bits per heavy atom. The van der Waals surface area contributed by atoms with Gasteiger partial charge in [0.25, 0.3) is 40.5 Å². The maximum atomic E-state index is 12.4. The summed E-state index contributed by atoms with van der Waals surface area (Å²) in [7, 11) is -19.0. The fourth-order valence-corrected chi connectivity index (χ4v) is 7.34. The van der Waals surface area contributed by atoms with Gasteiger partial charge in [-0.05, 0) is 90.7 Å². The van der Waals surface area contributed by atoms with Crippen LogP contribution >= 0.6 is 24.4 Å². The first kappa shape index (κ1) is 38.4. The first-order chi connectivity index (χ1) is 23.0. The fraction of sp³-hybridized carbons (Fsp3) is 0. The zero-order valence-electron chi connectivity index (χ0n) is 24.8. The smallest absolute Gasteiger partial charge is 0.295 e. The quantitative estimate of drug-likeness (QED) is 0.0818. The van der Waals surface area contributed by atoms with Gasteiger partial charge in [0.05, 0.1) is 9.79 Å². The summed E-state index contributed by atoms with van der Waals surface area (Å²) in [5, 5.41) is 10.3. The minimum Gasteiger partial charge on any atom is -0.332 e. The van der Waals surface area contributed by atoms with E-state index in [4.69, 9.17) is 24.4 Å². The Bertz CT molecular complexity index is 2330. The molecule has 50 heavy (non-hydrogen) atoms. The summed E-state index contributed by atoms with van der Waals surface area (Å²) in [4.78, 5) is -2.30. The van der Waals surface area contributed by atoms with Crippen molar-refractivity contribution in [3.05, 3.63) is 103 Å². The summed E-state index contributed by atoms with van der Waals surface area (Å²) < 4.78 is 134. The molecule has 0 saturated heterocycles. The average Bonchev–Trinajstić information content (AvgIpc) is 2.99. The van der Waals surface area contributed by atoms with Crippen molar-refractivity contribution in [2.24, 2.45) is 0 Å². The number of rotatable bonds is 10. The van der Waals surface area contributed by atoms with Gasteiger partial charge in [0.15, 0.2) is 10.2 Å². The summed E-state index contributed by atoms with van der Waals surface area (Å²) in [5.41, 5.74) is -0.467. The third-order valence-electron chi connectivity index (χ3n) is 6.46. The van der Waals surface area contributed by atoms with E-state index < -0.39 is 60.1 Å². The van der Waals surface area contributed by atoms with Crippen LogP contribution in [0.4, 0.5) is 22.7 Å². The topological polar surface area (TPSA) is 266 Å². The molecule has 0 aliphatic carbocycles. The van der Waals surface area contributed by atoms with E-state index in [-0.39, 0.29) is 49.7 Å². The minimum absolute atomic E-state index is 0.00953. The number of thiocarbonyl (C=S) groups is 2. The molecule has 0 bridgehead atoms. The fourth-order valence-electron chi connectivity index (χ4n) is 4.33. The van der Waals surface area contributed by atoms with Crippen LogP contribution in [0.2, 0.25) is 0 Å². The Labute approximate surface area is 297 Å². The second kappa shape index (κ2) is 14.5. The van der Waals surface area contributed by atoms with Crippen LogP contribution in [-0.4, -0.2) is 62.1 Å². The zero-order valence-corrected chi connectivity index (χ0v) is 29.7. The molecule has 0 aliphatic heterocycles. The molecule has 0 aromatic heterocycles. The highest BCUT2D eigenvalue weighted by Crippen LogP contribution is 2.34. The van der Waals surface area contributed by atoms with Gasteiger partial charge in [-0.15, -0.1) is 0 Å². The number of hydrogen-bond donors (Lipinski definition) is 8. The first-order valence-electron chi connectivity index (χ1n) is 13.3. The van der Waals surface area contributed by atoms with E-state index in [2.05, 4.69) is 27.8 Å². The number of anilines is 4. The van der Waals surface area contributed by atoms with E-state index in [1.807, 2.05) is 0 Å². The van der Waals surface area contributed by atoms with Crippen LogP contribution in [0.5, 0.6) is 0 Å². The van der Waals surface area contributed by atoms with Crippen molar-refractivity contribution >= 4 is 103 Å². The highest BCUT2D eigenvalue weighted by Gasteiger charge is 2.24. The molecule has 4 rings (SSSR count). The predicted octanol–water partition coefficient (Wildman–Crippen LogP) is 4.35. The van der Waals surface area contributed by atoms with Gasteiger partial charge < -0.3 is 21.3 Å². The van der Waals surface area contributed by atoms with Crippen molar-refractivity contribution in [2.45, 2.75) is 19.6 Å². The van der Waals surface area contributed by atoms with Crippen LogP contribution in [0.15, 0.2) is 111 Å². The highest BCUT2D eigenvalue weighted by molar-refractivity contribution is 7.86. The summed E-state index contributed by atoms with van der Waals surface area (Å²) in [5.74, 6) is 0. The van der Waals surface area contributed by atoms with E-state index in [0.717, 1.165) is 36.4 Å². The van der Waals surface area contributed by atoms with E-state index in [1.165, 1.54) is 48.5 Å². The largest absolute Gasteiger partial charge is 0.332 e. The Kier molecular flexibility index (Phi) is 11.1. The Hall–Kier alpha value is -4.36. The van der Waals surface area contributed by atoms with Crippen LogP contribution in [0.1, 0.15) is 11.1 Å². The molecule has 4 aromatic rings. The van der Waals surface area contributed by atoms with Gasteiger partial charge in [-0.2, -0.15) is 33.7 Å². The Morgan fingerprint density at radius 2 is 0.800 bits per heavy atom. The molecule has 0 aliphatic rings. The SMILES string of the molecule is C=C(c1ccc(NC(=S)Nc2cccc(S(=O)(=O)O)c2)cc1S(=O)(=O)O)c1ccc(NC(=S)Nc2cccc(S(=O)(=O)O)c2)cc1S(=O)(=O)O. The standard InChI is InChI=1S/C28H24N4O12S6/c1-16(23-10-8-19(14-25(23)49(39,40)41)31-27(45)29-17-4-2-6-21(12-17)47(33,34)35)24-11-9-20(15-26(24)50(42,43)44)32-28(46)30-18-5-3-7-22(13-18)48(36,37)38/h2-15H,1H2,(H2,29,31,45)(H2,30,32,46)(H,33,34,35)(H,36,37,38)(H,39,40,41)(H,42,43,44). The number of benzene rings is 4. The van der Waals surface area contributed by atoms with Crippen LogP contribution in [0, 0.1) is 0 Å². The van der Waals surface area contributed by atoms with Gasteiger partial charge >= 0.3 is 0 Å². The lowest BCUT2D eigenvalue weighted by Crippen LogP contribution is -2.20. The minimum atomic E-state index is -5.00. The van der Waals surface area contributed by atoms with E-state index >= 15 is 0 Å². The Balaban J connectivity index is 1.61. The second-order valence-electron chi connectivity index (χ2n) is 10.0. The Morgan fingerprint density at radius 1 is 0.480 bits per heavy atom. The van der Waals surface area contributed by atoms with E-state index in [0.29, 0.717) is 0 Å². The van der Waals surface area contributed by atoms with Crippen LogP contribution in [0.25, 0.3) is 5.57 Å². The first-order valence-corrected chi connectivity index (χ1v) is 19.8. The lowest BCUT2D eigenvalue weighted by atomic mass is 9.98. The summed E-state index contributed by atoms with van der Waals surface area (Å²) in [6.07, 6.45) is 0. The third kappa shape index (κ3) is 9.87. The molecule has 0 radical (unpaired) electrons. The van der Waals surface area contributed by atoms with E-state index in [9.17, 15) is 51.9 Å². The van der Waals surface area contributed by atoms with Gasteiger partial charge in [0.1, 0.15) is 9.79 Å². The van der Waals surface area contributed by atoms with Crippen molar-refractivity contribution in [1.82, 2.24) is 0 Å². The lowest BCUT2D eigenvalue weighted by molar-refractivity contribution is 0.480. The summed E-state index contributed by atoms with van der Waals surface area (Å²) >= 11 is 10.4. The normalized spacial score (nSPS) is 12.1. The summed E-state index contributed by atoms with van der Waals surface area (Å²) in [6.45, 7) is 3.79. The molecule has 22 heteroatoms. The van der Waals surface area contributed by atoms with E-state index in [1.54, 1.807) is 0 Å². The van der Waals surface area contributed by atoms with Crippen molar-refractivity contribution in [3.63, 3.8) is 0 Å². The molecule has 8 N–H and O–H groups in total. The van der Waals surface area contributed by atoms with Crippen LogP contribution in [0.3, 0.4) is 0 Å². The molecule has 0 atom stereocenters. The zero-order chi connectivity index (χ0) is 37.2. The maximum absolute atomic E-state index is 12.4. The molecule has 0 spiro atoms. The number of hydrogen-bond acceptors (Lipinski definition) is 10. The monoisotopic (exact) mass is 800 g/mol. The van der Waals surface area contributed by atoms with Gasteiger partial charge in [-0.1, -0.05) is 30.8 Å². The molecule has 0 heterocycles. The van der Waals surface area contributed by atoms with Gasteiger partial charge in [-0.25, -0.2) is 0 Å². The molecule has 0 saturated carbocycles. The van der Waals surface area contributed by atoms with Crippen molar-refractivity contribution < 1.29 is 51.9 Å². The maximum Gasteiger partial charge on any atom is 0.295 e. The molecule has 0 fully saturated rings. The lowest BCUT2D eigenvalue weighted by Gasteiger charge is -2.17. The molecule has 0 amide bonds. The van der Waals surface area contributed by atoms with Gasteiger partial charge in [-0.3, -0.25) is 18.2 Å². The highest BCUT2D eigenvalue weighted by atomic mass is 32.2. The molecule has 0 unspecified atom stereocenters. The summed E-state index contributed by atoms with van der Waals surface area (Å²) in [6, 6.07) is 16.9. The van der Waals surface area contributed by atoms with Gasteiger partial charge in [0.2, 0.25) is 0 Å². The third-order valence-corrected chi connectivity index (χ3v) is 10.4. The van der Waals surface area contributed by atoms with Crippen LogP contribution < -0.4 is 21.3 Å². The molecule has 264 valence electrons. The average molecular weight is 801 g/mol. The molecular formula is C28H24N4O12S6. The molecule has 4 aromatic carbocycles. The van der Waals surface area contributed by atoms with Crippen molar-refractivity contribution in [3.8, 4) is 0 Å². The predicted molar refractivity (Wildman–Crippen MR) is 193 cm³/mol. The van der Waals surface area contributed by atoms with Gasteiger partial charge in [0, 0.05) is 33.9 Å². The second-order valence-corrected chi connectivity index (χ2v) is 16.5. The molecular weight excluding hydrogens is 777 g/mol. The van der Waals surface area contributed by atoms with Crippen molar-refractivity contribution in [2.75, 3.05) is 21.3 Å². The van der Waals surface area contributed by atoms with Crippen molar-refractivity contribution in [1.29, 1.82) is 0 Å². The molecule has 16 nitrogen and oxygen atoms in total.